The van der Waals surface area contributed by atoms with Crippen LogP contribution in [0.1, 0.15) is 38.5 Å². The molecule has 3 aliphatic rings. The second-order valence-electron chi connectivity index (χ2n) is 6.11. The molecule has 4 heteroatoms. The molecule has 4 atom stereocenters. The number of likely N-dealkylation sites (N-methyl/N-ethyl adjacent to an activating group) is 2. The van der Waals surface area contributed by atoms with Gasteiger partial charge in [0.05, 0.1) is 12.1 Å². The molecule has 0 aromatic rings. The van der Waals surface area contributed by atoms with Gasteiger partial charge >= 0.3 is 0 Å². The van der Waals surface area contributed by atoms with E-state index in [1.54, 1.807) is 0 Å². The number of carbonyl (C=O) groups is 2. The molecule has 2 saturated carbocycles. The Balaban J connectivity index is 1.92. The van der Waals surface area contributed by atoms with Gasteiger partial charge in [-0.25, -0.2) is 0 Å². The quantitative estimate of drug-likeness (QED) is 0.649. The molecule has 0 aromatic carbocycles. The van der Waals surface area contributed by atoms with Crippen molar-refractivity contribution >= 4 is 11.8 Å². The summed E-state index contributed by atoms with van der Waals surface area (Å²) in [5, 5.41) is 0. The van der Waals surface area contributed by atoms with Crippen LogP contribution in [0.25, 0.3) is 0 Å². The number of fused-ring (bicyclic) bond motifs is 2. The molecule has 2 aliphatic carbocycles. The van der Waals surface area contributed by atoms with Crippen LogP contribution in [0.5, 0.6) is 0 Å². The van der Waals surface area contributed by atoms with Gasteiger partial charge in [-0.3, -0.25) is 9.59 Å². The highest BCUT2D eigenvalue weighted by Gasteiger charge is 2.49. The van der Waals surface area contributed by atoms with Crippen molar-refractivity contribution in [3.63, 3.8) is 0 Å². The van der Waals surface area contributed by atoms with Gasteiger partial charge in [0.1, 0.15) is 0 Å². The Hall–Kier alpha value is -1.06. The lowest BCUT2D eigenvalue weighted by Gasteiger charge is -2.50. The van der Waals surface area contributed by atoms with Gasteiger partial charge in [0, 0.05) is 25.9 Å². The molecule has 2 amide bonds. The van der Waals surface area contributed by atoms with E-state index in [0.29, 0.717) is 0 Å². The Kier molecular flexibility index (Phi) is 2.83. The van der Waals surface area contributed by atoms with Crippen LogP contribution in [0.3, 0.4) is 0 Å². The Bertz CT molecular complexity index is 346. The largest absolute Gasteiger partial charge is 0.340 e. The summed E-state index contributed by atoms with van der Waals surface area (Å²) in [6, 6.07) is 0.475. The van der Waals surface area contributed by atoms with Crippen molar-refractivity contribution in [1.29, 1.82) is 0 Å². The molecule has 4 nitrogen and oxygen atoms in total. The predicted molar refractivity (Wildman–Crippen MR) is 67.8 cm³/mol. The summed E-state index contributed by atoms with van der Waals surface area (Å²) in [5.41, 5.74) is 0. The maximum atomic E-state index is 12.4. The topological polar surface area (TPSA) is 40.6 Å². The summed E-state index contributed by atoms with van der Waals surface area (Å²) in [7, 11) is 3.87. The van der Waals surface area contributed by atoms with Crippen LogP contribution in [0.15, 0.2) is 0 Å². The van der Waals surface area contributed by atoms with Gasteiger partial charge in [-0.15, -0.1) is 0 Å². The summed E-state index contributed by atoms with van der Waals surface area (Å²) in [6.07, 6.45) is 6.23. The van der Waals surface area contributed by atoms with Gasteiger partial charge in [-0.1, -0.05) is 12.8 Å². The number of amides is 2. The number of carbonyl (C=O) groups excluding carboxylic acids is 2. The Labute approximate surface area is 108 Å². The summed E-state index contributed by atoms with van der Waals surface area (Å²) < 4.78 is 0. The van der Waals surface area contributed by atoms with E-state index in [2.05, 4.69) is 0 Å². The van der Waals surface area contributed by atoms with E-state index in [-0.39, 0.29) is 35.7 Å². The lowest BCUT2D eigenvalue weighted by Crippen LogP contribution is -2.62. The van der Waals surface area contributed by atoms with Gasteiger partial charge in [-0.2, -0.15) is 0 Å². The molecular weight excluding hydrogens is 228 g/mol. The molecule has 0 N–H and O–H groups in total. The van der Waals surface area contributed by atoms with E-state index in [1.165, 1.54) is 12.8 Å². The maximum Gasteiger partial charge on any atom is 0.226 e. The Morgan fingerprint density at radius 2 is 1.17 bits per heavy atom. The molecule has 3 rings (SSSR count). The van der Waals surface area contributed by atoms with Gasteiger partial charge < -0.3 is 9.80 Å². The second kappa shape index (κ2) is 4.25. The lowest BCUT2D eigenvalue weighted by atomic mass is 9.70. The zero-order valence-corrected chi connectivity index (χ0v) is 11.3. The highest BCUT2D eigenvalue weighted by atomic mass is 16.2. The van der Waals surface area contributed by atoms with Crippen LogP contribution in [0, 0.1) is 11.8 Å². The van der Waals surface area contributed by atoms with Crippen LogP contribution in [0.4, 0.5) is 0 Å². The lowest BCUT2D eigenvalue weighted by molar-refractivity contribution is -0.161. The van der Waals surface area contributed by atoms with E-state index in [9.17, 15) is 9.59 Å². The number of hydrogen-bond donors (Lipinski definition) is 0. The van der Waals surface area contributed by atoms with E-state index >= 15 is 0 Å². The molecule has 0 bridgehead atoms. The normalized spacial score (nSPS) is 40.6. The van der Waals surface area contributed by atoms with Crippen molar-refractivity contribution in [2.75, 3.05) is 14.1 Å². The minimum Gasteiger partial charge on any atom is -0.340 e. The van der Waals surface area contributed by atoms with Crippen molar-refractivity contribution in [1.82, 2.24) is 9.80 Å². The first kappa shape index (κ1) is 12.0. The zero-order chi connectivity index (χ0) is 12.9. The zero-order valence-electron chi connectivity index (χ0n) is 11.3. The molecule has 1 saturated heterocycles. The third kappa shape index (κ3) is 1.57. The fraction of sp³-hybridized carbons (Fsp3) is 0.857. The third-order valence-corrected chi connectivity index (χ3v) is 5.29. The average Bonchev–Trinajstić information content (AvgIpc) is 2.34. The molecule has 100 valence electrons. The minimum absolute atomic E-state index is 0.0344. The van der Waals surface area contributed by atoms with Crippen LogP contribution in [0.2, 0.25) is 0 Å². The fourth-order valence-corrected chi connectivity index (χ4v) is 3.94. The average molecular weight is 250 g/mol. The standard InChI is InChI=1S/C14H22N2O2/c1-15-11-5-3-4-6-12(11)16(2)14(18)10-8-7-9(10)13(15)17/h9-12H,3-8H2,1-2H3. The monoisotopic (exact) mass is 250 g/mol. The molecule has 1 aliphatic heterocycles. The first-order valence-corrected chi connectivity index (χ1v) is 7.14. The second-order valence-corrected chi connectivity index (χ2v) is 6.11. The number of rotatable bonds is 0. The van der Waals surface area contributed by atoms with E-state index < -0.39 is 0 Å². The molecule has 0 spiro atoms. The summed E-state index contributed by atoms with van der Waals surface area (Å²) >= 11 is 0. The molecule has 3 fully saturated rings. The summed E-state index contributed by atoms with van der Waals surface area (Å²) in [4.78, 5) is 28.7. The highest BCUT2D eigenvalue weighted by molar-refractivity contribution is 5.90. The van der Waals surface area contributed by atoms with Crippen molar-refractivity contribution < 1.29 is 9.59 Å². The van der Waals surface area contributed by atoms with Crippen molar-refractivity contribution in [2.45, 2.75) is 50.6 Å². The molecule has 0 radical (unpaired) electrons. The molecule has 18 heavy (non-hydrogen) atoms. The summed E-state index contributed by atoms with van der Waals surface area (Å²) in [6.45, 7) is 0. The highest BCUT2D eigenvalue weighted by Crippen LogP contribution is 2.41. The predicted octanol–water partition coefficient (Wildman–Crippen LogP) is 1.25. The summed E-state index contributed by atoms with van der Waals surface area (Å²) in [5.74, 6) is 0.356. The number of hydrogen-bond acceptors (Lipinski definition) is 2. The van der Waals surface area contributed by atoms with Crippen LogP contribution in [-0.2, 0) is 9.59 Å². The van der Waals surface area contributed by atoms with Crippen LogP contribution >= 0.6 is 0 Å². The molecule has 4 unspecified atom stereocenters. The fourth-order valence-electron chi connectivity index (χ4n) is 3.94. The van der Waals surface area contributed by atoms with Crippen LogP contribution < -0.4 is 0 Å². The van der Waals surface area contributed by atoms with Crippen molar-refractivity contribution in [2.24, 2.45) is 11.8 Å². The number of nitrogens with zero attached hydrogens (tertiary/aromatic N) is 2. The van der Waals surface area contributed by atoms with Gasteiger partial charge in [0.2, 0.25) is 11.8 Å². The van der Waals surface area contributed by atoms with E-state index in [4.69, 9.17) is 0 Å². The molecular formula is C14H22N2O2. The SMILES string of the molecule is CN1C(=O)C2CCC2C(=O)N(C)C2CCCCC21. The molecule has 0 aromatic heterocycles. The first-order valence-electron chi connectivity index (χ1n) is 7.14. The van der Waals surface area contributed by atoms with Gasteiger partial charge in [-0.05, 0) is 25.7 Å². The Morgan fingerprint density at radius 3 is 1.50 bits per heavy atom. The van der Waals surface area contributed by atoms with Gasteiger partial charge in [0.25, 0.3) is 0 Å². The van der Waals surface area contributed by atoms with Crippen LogP contribution in [-0.4, -0.2) is 47.8 Å². The Morgan fingerprint density at radius 1 is 0.778 bits per heavy atom. The van der Waals surface area contributed by atoms with E-state index in [0.717, 1.165) is 25.7 Å². The van der Waals surface area contributed by atoms with Gasteiger partial charge in [0.15, 0.2) is 0 Å². The minimum atomic E-state index is -0.0344. The van der Waals surface area contributed by atoms with E-state index in [1.807, 2.05) is 23.9 Å². The first-order chi connectivity index (χ1) is 8.61. The molecule has 1 heterocycles. The third-order valence-electron chi connectivity index (χ3n) is 5.29. The van der Waals surface area contributed by atoms with Crippen molar-refractivity contribution in [3.8, 4) is 0 Å². The maximum absolute atomic E-state index is 12.4. The smallest absolute Gasteiger partial charge is 0.226 e. The van der Waals surface area contributed by atoms with Crippen molar-refractivity contribution in [3.05, 3.63) is 0 Å².